The number of amides is 2. The summed E-state index contributed by atoms with van der Waals surface area (Å²) in [6.45, 7) is 5.11. The first-order valence-electron chi connectivity index (χ1n) is 13.9. The second-order valence-corrected chi connectivity index (χ2v) is 11.1. The summed E-state index contributed by atoms with van der Waals surface area (Å²) in [5.41, 5.74) is 2.67. The molecular formula is C33H37N3O4. The van der Waals surface area contributed by atoms with Crippen LogP contribution in [-0.4, -0.2) is 78.4 Å². The molecule has 3 aromatic carbocycles. The molecule has 0 spiro atoms. The molecule has 2 aliphatic rings. The van der Waals surface area contributed by atoms with E-state index < -0.39 is 17.6 Å². The second-order valence-electron chi connectivity index (χ2n) is 11.1. The number of esters is 1. The first kappa shape index (κ1) is 27.6. The number of likely N-dealkylation sites (tertiary alicyclic amines) is 1. The summed E-state index contributed by atoms with van der Waals surface area (Å²) in [6, 6.07) is 30.1. The fraction of sp³-hybridized carbons (Fsp3) is 0.364. The highest BCUT2D eigenvalue weighted by molar-refractivity contribution is 5.91. The van der Waals surface area contributed by atoms with Crippen LogP contribution in [-0.2, 0) is 24.7 Å². The Balaban J connectivity index is 1.37. The quantitative estimate of drug-likeness (QED) is 0.235. The largest absolute Gasteiger partial charge is 0.467 e. The first-order chi connectivity index (χ1) is 19.3. The van der Waals surface area contributed by atoms with Crippen LogP contribution >= 0.6 is 0 Å². The number of methoxy groups -OCH3 is 1. The Bertz CT molecular complexity index is 1240. The molecule has 2 saturated heterocycles. The molecule has 2 amide bonds. The molecule has 2 heterocycles. The van der Waals surface area contributed by atoms with Crippen molar-refractivity contribution < 1.29 is 19.1 Å². The van der Waals surface area contributed by atoms with Gasteiger partial charge in [0.05, 0.1) is 18.6 Å². The lowest BCUT2D eigenvalue weighted by atomic mass is 9.76. The number of carbonyl (C=O) groups is 3. The van der Waals surface area contributed by atoms with Gasteiger partial charge in [-0.15, -0.1) is 0 Å². The van der Waals surface area contributed by atoms with Crippen LogP contribution in [0.2, 0.25) is 0 Å². The number of nitrogens with zero attached hydrogens (tertiary/aromatic N) is 3. The van der Waals surface area contributed by atoms with Gasteiger partial charge in [-0.3, -0.25) is 14.5 Å². The van der Waals surface area contributed by atoms with Crippen LogP contribution in [0.25, 0.3) is 0 Å². The molecule has 7 nitrogen and oxygen atoms in total. The predicted octanol–water partition coefficient (Wildman–Crippen LogP) is 3.78. The molecule has 0 bridgehead atoms. The van der Waals surface area contributed by atoms with Gasteiger partial charge in [0, 0.05) is 26.7 Å². The fourth-order valence-corrected chi connectivity index (χ4v) is 6.21. The molecule has 40 heavy (non-hydrogen) atoms. The Morgan fingerprint density at radius 3 is 1.65 bits per heavy atom. The zero-order chi connectivity index (χ0) is 28.4. The van der Waals surface area contributed by atoms with Crippen molar-refractivity contribution in [2.24, 2.45) is 11.8 Å². The minimum absolute atomic E-state index is 0.0345. The highest BCUT2D eigenvalue weighted by Gasteiger charge is 2.58. The van der Waals surface area contributed by atoms with E-state index in [1.165, 1.54) is 12.0 Å². The van der Waals surface area contributed by atoms with Crippen molar-refractivity contribution in [3.8, 4) is 0 Å². The SMILES string of the molecule is COC(=O)[C@H](C(C)C)N(C)C(=O)C1CN(C(=O)C2CN2C(c2ccccc2)(c2ccccc2)c2ccccc2)C1. The van der Waals surface area contributed by atoms with Gasteiger partial charge in [-0.05, 0) is 22.6 Å². The molecule has 0 radical (unpaired) electrons. The maximum absolute atomic E-state index is 13.8. The minimum atomic E-state index is -0.649. The van der Waals surface area contributed by atoms with Crippen LogP contribution in [0.4, 0.5) is 0 Å². The van der Waals surface area contributed by atoms with Gasteiger partial charge in [-0.1, -0.05) is 105 Å². The number of rotatable bonds is 9. The van der Waals surface area contributed by atoms with Crippen LogP contribution in [0.15, 0.2) is 91.0 Å². The topological polar surface area (TPSA) is 69.9 Å². The lowest BCUT2D eigenvalue weighted by Crippen LogP contribution is -2.59. The molecule has 2 unspecified atom stereocenters. The van der Waals surface area contributed by atoms with Gasteiger partial charge in [0.2, 0.25) is 11.8 Å². The van der Waals surface area contributed by atoms with Crippen LogP contribution in [0.5, 0.6) is 0 Å². The van der Waals surface area contributed by atoms with Crippen molar-refractivity contribution in [3.05, 3.63) is 108 Å². The summed E-state index contributed by atoms with van der Waals surface area (Å²) in [6.07, 6.45) is 0. The van der Waals surface area contributed by atoms with Crippen molar-refractivity contribution in [3.63, 3.8) is 0 Å². The lowest BCUT2D eigenvalue weighted by molar-refractivity contribution is -0.159. The number of likely N-dealkylation sites (N-methyl/N-ethyl adjacent to an activating group) is 1. The summed E-state index contributed by atoms with van der Waals surface area (Å²) in [7, 11) is 2.98. The highest BCUT2D eigenvalue weighted by Crippen LogP contribution is 2.48. The Kier molecular flexibility index (Phi) is 7.76. The van der Waals surface area contributed by atoms with E-state index >= 15 is 0 Å². The summed E-state index contributed by atoms with van der Waals surface area (Å²) in [5, 5.41) is 0. The first-order valence-corrected chi connectivity index (χ1v) is 13.9. The van der Waals surface area contributed by atoms with Crippen molar-refractivity contribution in [2.75, 3.05) is 33.8 Å². The molecule has 0 N–H and O–H groups in total. The van der Waals surface area contributed by atoms with Gasteiger partial charge >= 0.3 is 5.97 Å². The lowest BCUT2D eigenvalue weighted by Gasteiger charge is -2.42. The van der Waals surface area contributed by atoms with Crippen molar-refractivity contribution >= 4 is 17.8 Å². The number of hydrogen-bond acceptors (Lipinski definition) is 5. The van der Waals surface area contributed by atoms with E-state index in [-0.39, 0.29) is 29.7 Å². The molecule has 3 aromatic rings. The van der Waals surface area contributed by atoms with Crippen molar-refractivity contribution in [2.45, 2.75) is 31.5 Å². The number of hydrogen-bond donors (Lipinski definition) is 0. The van der Waals surface area contributed by atoms with E-state index in [0.29, 0.717) is 19.6 Å². The predicted molar refractivity (Wildman–Crippen MR) is 153 cm³/mol. The fourth-order valence-electron chi connectivity index (χ4n) is 6.21. The maximum Gasteiger partial charge on any atom is 0.328 e. The van der Waals surface area contributed by atoms with Gasteiger partial charge in [-0.2, -0.15) is 0 Å². The van der Waals surface area contributed by atoms with Crippen LogP contribution in [0.1, 0.15) is 30.5 Å². The van der Waals surface area contributed by atoms with Crippen LogP contribution in [0.3, 0.4) is 0 Å². The van der Waals surface area contributed by atoms with Gasteiger partial charge in [0.1, 0.15) is 12.1 Å². The van der Waals surface area contributed by atoms with Crippen molar-refractivity contribution in [1.29, 1.82) is 0 Å². The number of ether oxygens (including phenoxy) is 1. The normalized spacial score (nSPS) is 19.5. The van der Waals surface area contributed by atoms with E-state index in [1.54, 1.807) is 11.9 Å². The Labute approximate surface area is 236 Å². The molecule has 0 aromatic heterocycles. The summed E-state index contributed by atoms with van der Waals surface area (Å²) in [5.74, 6) is -0.929. The van der Waals surface area contributed by atoms with Crippen LogP contribution in [0, 0.1) is 11.8 Å². The highest BCUT2D eigenvalue weighted by atomic mass is 16.5. The third kappa shape index (κ3) is 4.79. The smallest absolute Gasteiger partial charge is 0.328 e. The van der Waals surface area contributed by atoms with E-state index in [1.807, 2.05) is 68.4 Å². The second kappa shape index (κ2) is 11.3. The standard InChI is InChI=1S/C33H37N3O4/c1-23(2)29(32(39)40-4)34(3)30(37)24-20-35(21-24)31(38)28-22-36(28)33(25-14-8-5-9-15-25,26-16-10-6-11-17-26)27-18-12-7-13-19-27/h5-19,23-24,28-29H,20-22H2,1-4H3/t28?,29-,36?/m0/s1. The zero-order valence-corrected chi connectivity index (χ0v) is 23.6. The molecule has 5 rings (SSSR count). The molecule has 2 aliphatic heterocycles. The summed E-state index contributed by atoms with van der Waals surface area (Å²) < 4.78 is 4.93. The molecule has 3 atom stereocenters. The van der Waals surface area contributed by atoms with E-state index in [4.69, 9.17) is 4.74 Å². The summed E-state index contributed by atoms with van der Waals surface area (Å²) in [4.78, 5) is 44.8. The molecule has 208 valence electrons. The molecule has 2 fully saturated rings. The number of carbonyl (C=O) groups excluding carboxylic acids is 3. The zero-order valence-electron chi connectivity index (χ0n) is 23.6. The van der Waals surface area contributed by atoms with E-state index in [0.717, 1.165) is 16.7 Å². The Morgan fingerprint density at radius 2 is 1.25 bits per heavy atom. The maximum atomic E-state index is 13.8. The van der Waals surface area contributed by atoms with Gasteiger partial charge in [0.25, 0.3) is 0 Å². The van der Waals surface area contributed by atoms with E-state index in [2.05, 4.69) is 41.3 Å². The average molecular weight is 540 g/mol. The molecule has 0 aliphatic carbocycles. The average Bonchev–Trinajstić information content (AvgIpc) is 3.75. The van der Waals surface area contributed by atoms with Crippen molar-refractivity contribution in [1.82, 2.24) is 14.7 Å². The van der Waals surface area contributed by atoms with Gasteiger partial charge in [0.15, 0.2) is 0 Å². The Morgan fingerprint density at radius 1 is 0.800 bits per heavy atom. The van der Waals surface area contributed by atoms with E-state index in [9.17, 15) is 14.4 Å². The minimum Gasteiger partial charge on any atom is -0.467 e. The van der Waals surface area contributed by atoms with Gasteiger partial charge < -0.3 is 14.5 Å². The molecule has 7 heteroatoms. The third-order valence-corrected chi connectivity index (χ3v) is 8.28. The number of benzene rings is 3. The third-order valence-electron chi connectivity index (χ3n) is 8.28. The molecule has 0 saturated carbocycles. The van der Waals surface area contributed by atoms with Gasteiger partial charge in [-0.25, -0.2) is 4.79 Å². The monoisotopic (exact) mass is 539 g/mol. The Hall–Kier alpha value is -3.97. The molecular weight excluding hydrogens is 502 g/mol. The summed E-state index contributed by atoms with van der Waals surface area (Å²) >= 11 is 0. The van der Waals surface area contributed by atoms with Crippen LogP contribution < -0.4 is 0 Å².